The van der Waals surface area contributed by atoms with Crippen molar-refractivity contribution in [1.82, 2.24) is 0 Å². The van der Waals surface area contributed by atoms with E-state index in [0.29, 0.717) is 15.0 Å². The molecular weight excluding hydrogens is 295 g/mol. The first kappa shape index (κ1) is 15.2. The molecule has 0 aliphatic heterocycles. The van der Waals surface area contributed by atoms with Crippen LogP contribution in [0.25, 0.3) is 0 Å². The average Bonchev–Trinajstić information content (AvgIpc) is 2.50. The Kier molecular flexibility index (Phi) is 8.13. The fraction of sp³-hybridized carbons (Fsp3) is 0. The van der Waals surface area contributed by atoms with Crippen LogP contribution in [0, 0.1) is 0 Å². The van der Waals surface area contributed by atoms with E-state index in [1.165, 1.54) is 8.93 Å². The largest absolute Gasteiger partial charge is 0.0623 e. The third-order valence-electron chi connectivity index (χ3n) is 2.13. The Bertz CT molecular complexity index is 471. The zero-order chi connectivity index (χ0) is 13.8. The standard InChI is InChI=1S/C12H12Se.C6H6/c1-3-8-11(4-2)13-12-9-6-5-7-10-12;1-2-4-6-5-3-1/h3-10H,1-2H2;1-6H/b11-8+;. The minimum absolute atomic E-state index is 0.358. The molecule has 1 heteroatoms. The van der Waals surface area contributed by atoms with Crippen LogP contribution in [-0.2, 0) is 0 Å². The Balaban J connectivity index is 0.000000250. The second-order valence-corrected chi connectivity index (χ2v) is 5.99. The average molecular weight is 313 g/mol. The molecule has 0 amide bonds. The van der Waals surface area contributed by atoms with Crippen LogP contribution in [0.2, 0.25) is 0 Å². The molecule has 2 aromatic rings. The predicted molar refractivity (Wildman–Crippen MR) is 86.7 cm³/mol. The van der Waals surface area contributed by atoms with Gasteiger partial charge in [-0.3, -0.25) is 0 Å². The molecule has 2 aromatic carbocycles. The van der Waals surface area contributed by atoms with Crippen molar-refractivity contribution in [1.29, 1.82) is 0 Å². The van der Waals surface area contributed by atoms with Gasteiger partial charge in [-0.15, -0.1) is 0 Å². The van der Waals surface area contributed by atoms with Gasteiger partial charge < -0.3 is 0 Å². The van der Waals surface area contributed by atoms with E-state index in [2.05, 4.69) is 37.4 Å². The Morgan fingerprint density at radius 2 is 1.26 bits per heavy atom. The molecule has 0 fully saturated rings. The zero-order valence-electron chi connectivity index (χ0n) is 10.9. The molecule has 0 aliphatic rings. The van der Waals surface area contributed by atoms with Crippen LogP contribution in [0.5, 0.6) is 0 Å². The quantitative estimate of drug-likeness (QED) is 0.592. The van der Waals surface area contributed by atoms with Gasteiger partial charge >= 0.3 is 85.6 Å². The van der Waals surface area contributed by atoms with Gasteiger partial charge in [-0.05, 0) is 0 Å². The second-order valence-electron chi connectivity index (χ2n) is 3.58. The smallest absolute Gasteiger partial charge is 0.0623 e. The van der Waals surface area contributed by atoms with Crippen molar-refractivity contribution in [3.8, 4) is 0 Å². The van der Waals surface area contributed by atoms with Gasteiger partial charge in [0.15, 0.2) is 0 Å². The summed E-state index contributed by atoms with van der Waals surface area (Å²) in [6.45, 7) is 7.45. The molecular formula is C18H18Se. The van der Waals surface area contributed by atoms with Crippen LogP contribution in [-0.4, -0.2) is 15.0 Å². The van der Waals surface area contributed by atoms with Gasteiger partial charge in [0.25, 0.3) is 0 Å². The van der Waals surface area contributed by atoms with Crippen LogP contribution in [0.1, 0.15) is 0 Å². The summed E-state index contributed by atoms with van der Waals surface area (Å²) >= 11 is 0.358. The fourth-order valence-corrected chi connectivity index (χ4v) is 2.98. The first-order valence-corrected chi connectivity index (χ1v) is 7.76. The van der Waals surface area contributed by atoms with Crippen molar-refractivity contribution in [3.05, 3.63) is 103 Å². The third kappa shape index (κ3) is 7.25. The van der Waals surface area contributed by atoms with E-state index in [4.69, 9.17) is 0 Å². The molecule has 0 spiro atoms. The minimum atomic E-state index is 0.358. The van der Waals surface area contributed by atoms with Crippen molar-refractivity contribution >= 4 is 19.4 Å². The van der Waals surface area contributed by atoms with E-state index in [9.17, 15) is 0 Å². The maximum absolute atomic E-state index is 3.78. The van der Waals surface area contributed by atoms with Gasteiger partial charge in [-0.2, -0.15) is 0 Å². The van der Waals surface area contributed by atoms with E-state index >= 15 is 0 Å². The molecule has 96 valence electrons. The van der Waals surface area contributed by atoms with Crippen molar-refractivity contribution in [2.45, 2.75) is 0 Å². The van der Waals surface area contributed by atoms with Crippen molar-refractivity contribution in [3.63, 3.8) is 0 Å². The van der Waals surface area contributed by atoms with Gasteiger partial charge in [0.1, 0.15) is 0 Å². The number of benzene rings is 2. The van der Waals surface area contributed by atoms with Gasteiger partial charge in [-0.25, -0.2) is 0 Å². The van der Waals surface area contributed by atoms with Gasteiger partial charge in [0.2, 0.25) is 0 Å². The van der Waals surface area contributed by atoms with Crippen LogP contribution >= 0.6 is 0 Å². The molecule has 0 unspecified atom stereocenters. The third-order valence-corrected chi connectivity index (χ3v) is 4.32. The molecule has 0 radical (unpaired) electrons. The van der Waals surface area contributed by atoms with Crippen LogP contribution < -0.4 is 4.46 Å². The minimum Gasteiger partial charge on any atom is -0.0623 e. The molecule has 0 aromatic heterocycles. The Morgan fingerprint density at radius 3 is 1.68 bits per heavy atom. The summed E-state index contributed by atoms with van der Waals surface area (Å²) in [6, 6.07) is 22.4. The Hall–Kier alpha value is -1.82. The zero-order valence-corrected chi connectivity index (χ0v) is 12.6. The molecule has 0 saturated carbocycles. The number of allylic oxidation sites excluding steroid dienone is 4. The Morgan fingerprint density at radius 1 is 0.789 bits per heavy atom. The van der Waals surface area contributed by atoms with Gasteiger partial charge in [-0.1, -0.05) is 36.4 Å². The second kappa shape index (κ2) is 10.1. The molecule has 0 N–H and O–H groups in total. The molecule has 19 heavy (non-hydrogen) atoms. The summed E-state index contributed by atoms with van der Waals surface area (Å²) in [5.41, 5.74) is 0. The van der Waals surface area contributed by atoms with E-state index < -0.39 is 0 Å². The molecule has 0 atom stereocenters. The summed E-state index contributed by atoms with van der Waals surface area (Å²) in [5, 5.41) is 0. The van der Waals surface area contributed by atoms with Crippen LogP contribution in [0.3, 0.4) is 0 Å². The summed E-state index contributed by atoms with van der Waals surface area (Å²) in [5.74, 6) is 0. The fourth-order valence-electron chi connectivity index (χ4n) is 1.27. The summed E-state index contributed by atoms with van der Waals surface area (Å²) in [6.07, 6.45) is 5.72. The molecule has 0 saturated heterocycles. The monoisotopic (exact) mass is 314 g/mol. The first-order chi connectivity index (χ1) is 9.36. The molecule has 2 rings (SSSR count). The Labute approximate surface area is 122 Å². The van der Waals surface area contributed by atoms with E-state index in [-0.39, 0.29) is 0 Å². The van der Waals surface area contributed by atoms with Gasteiger partial charge in [0.05, 0.1) is 0 Å². The van der Waals surface area contributed by atoms with Crippen molar-refractivity contribution < 1.29 is 0 Å². The predicted octanol–water partition coefficient (Wildman–Crippen LogP) is 3.96. The van der Waals surface area contributed by atoms with Crippen LogP contribution in [0.4, 0.5) is 0 Å². The number of hydrogen-bond donors (Lipinski definition) is 0. The maximum atomic E-state index is 3.78. The summed E-state index contributed by atoms with van der Waals surface area (Å²) in [4.78, 5) is 0. The van der Waals surface area contributed by atoms with Crippen molar-refractivity contribution in [2.75, 3.05) is 0 Å². The maximum Gasteiger partial charge on any atom is -0.0623 e. The molecule has 0 nitrogen and oxygen atoms in total. The van der Waals surface area contributed by atoms with Gasteiger partial charge in [0, 0.05) is 0 Å². The number of hydrogen-bond acceptors (Lipinski definition) is 0. The van der Waals surface area contributed by atoms with E-state index in [0.717, 1.165) is 0 Å². The van der Waals surface area contributed by atoms with E-state index in [1.54, 1.807) is 0 Å². The SMILES string of the molecule is C=C/C=C(\C=C)[Se]c1ccccc1.c1ccccc1. The molecule has 0 heterocycles. The van der Waals surface area contributed by atoms with E-state index in [1.807, 2.05) is 60.7 Å². The van der Waals surface area contributed by atoms with Crippen molar-refractivity contribution in [2.24, 2.45) is 0 Å². The first-order valence-electron chi connectivity index (χ1n) is 6.05. The summed E-state index contributed by atoms with van der Waals surface area (Å²) < 4.78 is 2.62. The molecule has 0 aliphatic carbocycles. The topological polar surface area (TPSA) is 0 Å². The normalized spacial score (nSPS) is 10.0. The molecule has 0 bridgehead atoms. The summed E-state index contributed by atoms with van der Waals surface area (Å²) in [7, 11) is 0. The van der Waals surface area contributed by atoms with Crippen LogP contribution in [0.15, 0.2) is 103 Å². The number of rotatable bonds is 4.